The number of non-ortho nitro benzene ring substituents is 1. The smallest absolute Gasteiger partial charge is 0.272 e. The van der Waals surface area contributed by atoms with Crippen LogP contribution in [-0.4, -0.2) is 24.1 Å². The van der Waals surface area contributed by atoms with Gasteiger partial charge >= 0.3 is 0 Å². The minimum absolute atomic E-state index is 0.0976. The summed E-state index contributed by atoms with van der Waals surface area (Å²) in [7, 11) is 0. The molecule has 0 aliphatic carbocycles. The minimum Gasteiger partial charge on any atom is -0.379 e. The summed E-state index contributed by atoms with van der Waals surface area (Å²) in [5.41, 5.74) is 0.474. The third kappa shape index (κ3) is 3.72. The fourth-order valence-corrected chi connectivity index (χ4v) is 2.73. The van der Waals surface area contributed by atoms with Crippen LogP contribution >= 0.6 is 23.2 Å². The quantitative estimate of drug-likeness (QED) is 0.663. The molecule has 0 saturated carbocycles. The molecule has 7 heteroatoms. The van der Waals surface area contributed by atoms with E-state index in [4.69, 9.17) is 23.2 Å². The highest BCUT2D eigenvalue weighted by atomic mass is 35.5. The number of rotatable bonds is 3. The van der Waals surface area contributed by atoms with Gasteiger partial charge in [-0.1, -0.05) is 29.6 Å². The first-order chi connectivity index (χ1) is 9.08. The van der Waals surface area contributed by atoms with Crippen LogP contribution in [0.25, 0.3) is 0 Å². The second-order valence-corrected chi connectivity index (χ2v) is 5.40. The molecular formula is C12H15Cl2N3O2. The van der Waals surface area contributed by atoms with Crippen molar-refractivity contribution in [1.82, 2.24) is 5.32 Å². The first-order valence-corrected chi connectivity index (χ1v) is 6.94. The van der Waals surface area contributed by atoms with Gasteiger partial charge in [-0.2, -0.15) is 0 Å². The topological polar surface area (TPSA) is 67.2 Å². The molecule has 1 fully saturated rings. The lowest BCUT2D eigenvalue weighted by Crippen LogP contribution is -2.31. The van der Waals surface area contributed by atoms with Crippen LogP contribution in [0, 0.1) is 10.1 Å². The zero-order chi connectivity index (χ0) is 13.8. The van der Waals surface area contributed by atoms with Crippen molar-refractivity contribution in [3.63, 3.8) is 0 Å². The molecule has 1 heterocycles. The third-order valence-corrected chi connectivity index (χ3v) is 3.73. The molecule has 5 nitrogen and oxygen atoms in total. The molecule has 0 radical (unpaired) electrons. The third-order valence-electron chi connectivity index (χ3n) is 3.13. The minimum atomic E-state index is -0.505. The van der Waals surface area contributed by atoms with Gasteiger partial charge in [-0.3, -0.25) is 10.1 Å². The average Bonchev–Trinajstić information content (AvgIpc) is 2.61. The second kappa shape index (κ2) is 6.41. The number of hydrogen-bond donors (Lipinski definition) is 2. The number of hydrogen-bond acceptors (Lipinski definition) is 4. The van der Waals surface area contributed by atoms with Crippen molar-refractivity contribution in [2.45, 2.75) is 25.3 Å². The molecule has 1 aliphatic heterocycles. The van der Waals surface area contributed by atoms with E-state index in [1.54, 1.807) is 0 Å². The Morgan fingerprint density at radius 2 is 2.00 bits per heavy atom. The van der Waals surface area contributed by atoms with Crippen LogP contribution in [-0.2, 0) is 0 Å². The Kier molecular flexibility index (Phi) is 4.85. The van der Waals surface area contributed by atoms with Gasteiger partial charge in [0, 0.05) is 24.7 Å². The Labute approximate surface area is 121 Å². The van der Waals surface area contributed by atoms with E-state index >= 15 is 0 Å². The Morgan fingerprint density at radius 1 is 1.32 bits per heavy atom. The lowest BCUT2D eigenvalue weighted by molar-refractivity contribution is -0.384. The van der Waals surface area contributed by atoms with E-state index < -0.39 is 4.92 Å². The normalized spacial score (nSPS) is 19.8. The Balaban J connectivity index is 2.17. The molecule has 1 saturated heterocycles. The van der Waals surface area contributed by atoms with Crippen molar-refractivity contribution >= 4 is 34.6 Å². The maximum atomic E-state index is 10.7. The van der Waals surface area contributed by atoms with Crippen LogP contribution < -0.4 is 10.6 Å². The van der Waals surface area contributed by atoms with E-state index in [1.807, 2.05) is 0 Å². The monoisotopic (exact) mass is 303 g/mol. The van der Waals surface area contributed by atoms with E-state index in [0.29, 0.717) is 5.69 Å². The maximum absolute atomic E-state index is 10.7. The van der Waals surface area contributed by atoms with Crippen LogP contribution in [0.3, 0.4) is 0 Å². The van der Waals surface area contributed by atoms with Gasteiger partial charge in [-0.25, -0.2) is 0 Å². The highest BCUT2D eigenvalue weighted by Gasteiger charge is 2.18. The Hall–Kier alpha value is -1.04. The average molecular weight is 304 g/mol. The number of nitrogens with zero attached hydrogens (tertiary/aromatic N) is 1. The van der Waals surface area contributed by atoms with Gasteiger partial charge in [0.15, 0.2) is 0 Å². The molecule has 0 amide bonds. The number of halogens is 2. The van der Waals surface area contributed by atoms with E-state index in [1.165, 1.54) is 12.1 Å². The number of nitrogens with one attached hydrogen (secondary N) is 2. The summed E-state index contributed by atoms with van der Waals surface area (Å²) < 4.78 is 0. The van der Waals surface area contributed by atoms with E-state index in [9.17, 15) is 10.1 Å². The highest BCUT2D eigenvalue weighted by Crippen LogP contribution is 2.35. The summed E-state index contributed by atoms with van der Waals surface area (Å²) in [4.78, 5) is 10.2. The molecule has 19 heavy (non-hydrogen) atoms. The van der Waals surface area contributed by atoms with Gasteiger partial charge in [0.2, 0.25) is 0 Å². The van der Waals surface area contributed by atoms with Crippen LogP contribution in [0.4, 0.5) is 11.4 Å². The highest BCUT2D eigenvalue weighted by molar-refractivity contribution is 6.39. The van der Waals surface area contributed by atoms with E-state index in [2.05, 4.69) is 10.6 Å². The van der Waals surface area contributed by atoms with E-state index in [0.717, 1.165) is 32.4 Å². The summed E-state index contributed by atoms with van der Waals surface area (Å²) >= 11 is 12.1. The predicted molar refractivity (Wildman–Crippen MR) is 77.2 cm³/mol. The predicted octanol–water partition coefficient (Wildman–Crippen LogP) is 3.46. The van der Waals surface area contributed by atoms with Gasteiger partial charge in [0.1, 0.15) is 0 Å². The molecule has 0 aromatic heterocycles. The molecule has 1 aromatic rings. The SMILES string of the molecule is O=[N+]([O-])c1cc(Cl)c(NC2CCCCNC2)c(Cl)c1. The van der Waals surface area contributed by atoms with Crippen LogP contribution in [0.5, 0.6) is 0 Å². The molecule has 104 valence electrons. The summed E-state index contributed by atoms with van der Waals surface area (Å²) in [6.07, 6.45) is 3.31. The molecule has 1 aromatic carbocycles. The first-order valence-electron chi connectivity index (χ1n) is 6.18. The number of benzene rings is 1. The molecule has 0 spiro atoms. The molecule has 2 N–H and O–H groups in total. The van der Waals surface area contributed by atoms with Crippen LogP contribution in [0.15, 0.2) is 12.1 Å². The lowest BCUT2D eigenvalue weighted by Gasteiger charge is -2.19. The van der Waals surface area contributed by atoms with E-state index in [-0.39, 0.29) is 21.8 Å². The summed E-state index contributed by atoms with van der Waals surface area (Å²) in [6.45, 7) is 1.85. The molecule has 1 atom stereocenters. The van der Waals surface area contributed by atoms with Crippen molar-refractivity contribution < 1.29 is 4.92 Å². The van der Waals surface area contributed by atoms with Crippen LogP contribution in [0.2, 0.25) is 10.0 Å². The standard InChI is InChI=1S/C12H15Cl2N3O2/c13-10-5-9(17(18)19)6-11(14)12(10)16-8-3-1-2-4-15-7-8/h5-6,8,15-16H,1-4,7H2. The molecular weight excluding hydrogens is 289 g/mol. The number of nitro benzene ring substituents is 1. The van der Waals surface area contributed by atoms with Crippen molar-refractivity contribution in [2.75, 3.05) is 18.4 Å². The summed E-state index contributed by atoms with van der Waals surface area (Å²) in [5, 5.41) is 17.9. The largest absolute Gasteiger partial charge is 0.379 e. The fraction of sp³-hybridized carbons (Fsp3) is 0.500. The lowest BCUT2D eigenvalue weighted by atomic mass is 10.1. The molecule has 1 unspecified atom stereocenters. The van der Waals surface area contributed by atoms with Crippen molar-refractivity contribution in [3.05, 3.63) is 32.3 Å². The molecule has 0 bridgehead atoms. The van der Waals surface area contributed by atoms with Gasteiger partial charge in [0.05, 0.1) is 20.7 Å². The zero-order valence-corrected chi connectivity index (χ0v) is 11.8. The summed E-state index contributed by atoms with van der Waals surface area (Å²) in [5.74, 6) is 0. The number of nitro groups is 1. The fourth-order valence-electron chi connectivity index (χ4n) is 2.15. The van der Waals surface area contributed by atoms with Gasteiger partial charge in [0.25, 0.3) is 5.69 Å². The first kappa shape index (κ1) is 14.4. The number of anilines is 1. The van der Waals surface area contributed by atoms with Crippen LogP contribution in [0.1, 0.15) is 19.3 Å². The Morgan fingerprint density at radius 3 is 2.63 bits per heavy atom. The zero-order valence-electron chi connectivity index (χ0n) is 10.3. The second-order valence-electron chi connectivity index (χ2n) is 4.58. The molecule has 2 rings (SSSR count). The van der Waals surface area contributed by atoms with Gasteiger partial charge < -0.3 is 10.6 Å². The van der Waals surface area contributed by atoms with Crippen molar-refractivity contribution in [3.8, 4) is 0 Å². The van der Waals surface area contributed by atoms with Gasteiger partial charge in [-0.15, -0.1) is 0 Å². The maximum Gasteiger partial charge on any atom is 0.272 e. The molecule has 1 aliphatic rings. The van der Waals surface area contributed by atoms with Crippen molar-refractivity contribution in [2.24, 2.45) is 0 Å². The Bertz CT molecular complexity index is 451. The van der Waals surface area contributed by atoms with Crippen molar-refractivity contribution in [1.29, 1.82) is 0 Å². The van der Waals surface area contributed by atoms with Gasteiger partial charge in [-0.05, 0) is 19.4 Å². The summed E-state index contributed by atoms with van der Waals surface area (Å²) in [6, 6.07) is 2.87.